The summed E-state index contributed by atoms with van der Waals surface area (Å²) in [5.74, 6) is -0.397. The molecule has 2 aromatic rings. The summed E-state index contributed by atoms with van der Waals surface area (Å²) in [5, 5.41) is 4.32. The summed E-state index contributed by atoms with van der Waals surface area (Å²) in [6, 6.07) is 4.46. The van der Waals surface area contributed by atoms with Crippen LogP contribution in [0.5, 0.6) is 5.88 Å². The lowest BCUT2D eigenvalue weighted by Gasteiger charge is -2.17. The first-order chi connectivity index (χ1) is 10.2. The Morgan fingerprint density at radius 3 is 2.59 bits per heavy atom. The summed E-state index contributed by atoms with van der Waals surface area (Å²) < 4.78 is 45.8. The molecule has 0 radical (unpaired) electrons. The van der Waals surface area contributed by atoms with Crippen LogP contribution in [0.2, 0.25) is 10.0 Å². The zero-order valence-electron chi connectivity index (χ0n) is 11.8. The predicted octanol–water partition coefficient (Wildman–Crippen LogP) is 5.38. The van der Waals surface area contributed by atoms with Crippen molar-refractivity contribution in [3.63, 3.8) is 0 Å². The van der Waals surface area contributed by atoms with Crippen molar-refractivity contribution in [3.05, 3.63) is 40.0 Å². The van der Waals surface area contributed by atoms with Gasteiger partial charge in [0.25, 0.3) is 0 Å². The van der Waals surface area contributed by atoms with Crippen molar-refractivity contribution in [3.8, 4) is 11.6 Å². The quantitative estimate of drug-likeness (QED) is 0.738. The molecule has 1 heterocycles. The number of benzene rings is 1. The largest absolute Gasteiger partial charge is 0.474 e. The maximum atomic E-state index is 13.1. The van der Waals surface area contributed by atoms with Crippen molar-refractivity contribution >= 4 is 23.2 Å². The molecule has 0 fully saturated rings. The number of hydrogen-bond donors (Lipinski definition) is 0. The second-order valence-corrected chi connectivity index (χ2v) is 5.55. The number of halogens is 5. The van der Waals surface area contributed by atoms with Crippen LogP contribution in [0.25, 0.3) is 5.69 Å². The fourth-order valence-corrected chi connectivity index (χ4v) is 2.10. The van der Waals surface area contributed by atoms with Gasteiger partial charge in [0.2, 0.25) is 5.88 Å². The van der Waals surface area contributed by atoms with Gasteiger partial charge in [0.05, 0.1) is 23.0 Å². The minimum absolute atomic E-state index is 0.218. The SMILES string of the molecule is CCC(C)Oc1c(C(F)(F)F)cnn1-c1cc(Cl)ccc1Cl. The first-order valence-electron chi connectivity index (χ1n) is 6.51. The van der Waals surface area contributed by atoms with E-state index >= 15 is 0 Å². The van der Waals surface area contributed by atoms with E-state index in [0.717, 1.165) is 10.9 Å². The molecule has 22 heavy (non-hydrogen) atoms. The molecule has 8 heteroatoms. The van der Waals surface area contributed by atoms with E-state index in [1.807, 2.05) is 6.92 Å². The van der Waals surface area contributed by atoms with Crippen molar-refractivity contribution in [2.75, 3.05) is 0 Å². The maximum absolute atomic E-state index is 13.1. The van der Waals surface area contributed by atoms with E-state index in [2.05, 4.69) is 5.10 Å². The summed E-state index contributed by atoms with van der Waals surface area (Å²) in [4.78, 5) is 0. The topological polar surface area (TPSA) is 27.1 Å². The van der Waals surface area contributed by atoms with E-state index in [4.69, 9.17) is 27.9 Å². The van der Waals surface area contributed by atoms with Gasteiger partial charge in [-0.05, 0) is 31.5 Å². The van der Waals surface area contributed by atoms with E-state index in [9.17, 15) is 13.2 Å². The molecule has 0 bridgehead atoms. The van der Waals surface area contributed by atoms with E-state index in [0.29, 0.717) is 11.4 Å². The van der Waals surface area contributed by atoms with Crippen LogP contribution in [0, 0.1) is 0 Å². The van der Waals surface area contributed by atoms with Gasteiger partial charge in [-0.3, -0.25) is 0 Å². The molecule has 120 valence electrons. The highest BCUT2D eigenvalue weighted by Gasteiger charge is 2.38. The zero-order chi connectivity index (χ0) is 16.5. The maximum Gasteiger partial charge on any atom is 0.423 e. The smallest absolute Gasteiger partial charge is 0.423 e. The average Bonchev–Trinajstić information content (AvgIpc) is 2.84. The van der Waals surface area contributed by atoms with Crippen molar-refractivity contribution in [2.24, 2.45) is 0 Å². The van der Waals surface area contributed by atoms with E-state index in [1.54, 1.807) is 6.92 Å². The molecule has 2 rings (SSSR count). The monoisotopic (exact) mass is 352 g/mol. The third-order valence-corrected chi connectivity index (χ3v) is 3.61. The van der Waals surface area contributed by atoms with Crippen molar-refractivity contribution in [1.82, 2.24) is 9.78 Å². The summed E-state index contributed by atoms with van der Waals surface area (Å²) in [6.45, 7) is 3.49. The van der Waals surface area contributed by atoms with Gasteiger partial charge in [-0.1, -0.05) is 30.1 Å². The molecule has 0 amide bonds. The Kier molecular flexibility index (Phi) is 4.92. The molecular weight excluding hydrogens is 340 g/mol. The molecule has 1 unspecified atom stereocenters. The lowest BCUT2D eigenvalue weighted by molar-refractivity contribution is -0.139. The van der Waals surface area contributed by atoms with E-state index in [1.165, 1.54) is 18.2 Å². The number of aromatic nitrogens is 2. The van der Waals surface area contributed by atoms with Crippen LogP contribution in [0.4, 0.5) is 13.2 Å². The number of nitrogens with zero attached hydrogens (tertiary/aromatic N) is 2. The molecule has 0 saturated heterocycles. The summed E-state index contributed by atoms with van der Waals surface area (Å²) in [5.41, 5.74) is -0.730. The summed E-state index contributed by atoms with van der Waals surface area (Å²) in [7, 11) is 0. The standard InChI is InChI=1S/C14H13Cl2F3N2O/c1-3-8(2)22-13-10(14(17,18)19)7-20-21(13)12-6-9(15)4-5-11(12)16/h4-8H,3H2,1-2H3. The van der Waals surface area contributed by atoms with Crippen LogP contribution >= 0.6 is 23.2 Å². The Labute approximate surface area is 135 Å². The van der Waals surface area contributed by atoms with Gasteiger partial charge in [-0.15, -0.1) is 0 Å². The number of hydrogen-bond acceptors (Lipinski definition) is 2. The average molecular weight is 353 g/mol. The molecule has 1 aromatic heterocycles. The molecule has 0 N–H and O–H groups in total. The van der Waals surface area contributed by atoms with Crippen molar-refractivity contribution < 1.29 is 17.9 Å². The Hall–Kier alpha value is -1.40. The minimum atomic E-state index is -4.58. The second-order valence-electron chi connectivity index (χ2n) is 4.71. The fraction of sp³-hybridized carbons (Fsp3) is 0.357. The molecule has 0 saturated carbocycles. The predicted molar refractivity (Wildman–Crippen MR) is 79.0 cm³/mol. The fourth-order valence-electron chi connectivity index (χ4n) is 1.74. The molecule has 1 aromatic carbocycles. The molecule has 0 aliphatic carbocycles. The van der Waals surface area contributed by atoms with E-state index in [-0.39, 0.29) is 10.7 Å². The lowest BCUT2D eigenvalue weighted by atomic mass is 10.3. The third kappa shape index (κ3) is 3.50. The Morgan fingerprint density at radius 1 is 1.32 bits per heavy atom. The molecule has 0 aliphatic rings. The van der Waals surface area contributed by atoms with Crippen molar-refractivity contribution in [1.29, 1.82) is 0 Å². The Balaban J connectivity index is 2.61. The van der Waals surface area contributed by atoms with Gasteiger partial charge in [0.1, 0.15) is 5.56 Å². The number of rotatable bonds is 4. The molecule has 0 spiro atoms. The van der Waals surface area contributed by atoms with Gasteiger partial charge in [-0.2, -0.15) is 23.0 Å². The number of ether oxygens (including phenoxy) is 1. The first-order valence-corrected chi connectivity index (χ1v) is 7.27. The highest BCUT2D eigenvalue weighted by atomic mass is 35.5. The Bertz CT molecular complexity index is 671. The minimum Gasteiger partial charge on any atom is -0.474 e. The lowest BCUT2D eigenvalue weighted by Crippen LogP contribution is -2.16. The molecule has 1 atom stereocenters. The van der Waals surface area contributed by atoms with Crippen LogP contribution in [0.15, 0.2) is 24.4 Å². The van der Waals surface area contributed by atoms with Gasteiger partial charge < -0.3 is 4.74 Å². The van der Waals surface area contributed by atoms with Crippen LogP contribution in [0.3, 0.4) is 0 Å². The number of alkyl halides is 3. The Morgan fingerprint density at radius 2 is 2.00 bits per heavy atom. The highest BCUT2D eigenvalue weighted by molar-refractivity contribution is 6.34. The highest BCUT2D eigenvalue weighted by Crippen LogP contribution is 2.39. The van der Waals surface area contributed by atoms with Crippen LogP contribution in [-0.4, -0.2) is 15.9 Å². The molecular formula is C14H13Cl2F3N2O. The molecule has 3 nitrogen and oxygen atoms in total. The van der Waals surface area contributed by atoms with Crippen LogP contribution in [0.1, 0.15) is 25.8 Å². The second kappa shape index (κ2) is 6.38. The zero-order valence-corrected chi connectivity index (χ0v) is 13.3. The third-order valence-electron chi connectivity index (χ3n) is 3.05. The van der Waals surface area contributed by atoms with Crippen molar-refractivity contribution in [2.45, 2.75) is 32.5 Å². The van der Waals surface area contributed by atoms with Crippen LogP contribution < -0.4 is 4.74 Å². The van der Waals surface area contributed by atoms with Gasteiger partial charge in [-0.25, -0.2) is 0 Å². The first kappa shape index (κ1) is 17.0. The summed E-state index contributed by atoms with van der Waals surface area (Å²) in [6.07, 6.45) is -3.72. The normalized spacial score (nSPS) is 13.2. The van der Waals surface area contributed by atoms with Gasteiger partial charge in [0, 0.05) is 5.02 Å². The molecule has 0 aliphatic heterocycles. The van der Waals surface area contributed by atoms with Crippen LogP contribution in [-0.2, 0) is 6.18 Å². The van der Waals surface area contributed by atoms with Gasteiger partial charge in [0.15, 0.2) is 0 Å². The summed E-state index contributed by atoms with van der Waals surface area (Å²) >= 11 is 11.9. The van der Waals surface area contributed by atoms with E-state index < -0.39 is 23.7 Å². The van der Waals surface area contributed by atoms with Gasteiger partial charge >= 0.3 is 6.18 Å².